The third-order valence-electron chi connectivity index (χ3n) is 2.43. The number of nitrogens with two attached hydrogens (primary N) is 1. The van der Waals surface area contributed by atoms with Gasteiger partial charge in [-0.25, -0.2) is 4.98 Å². The lowest BCUT2D eigenvalue weighted by atomic mass is 10.3. The van der Waals surface area contributed by atoms with Gasteiger partial charge in [-0.05, 0) is 25.0 Å². The first-order chi connectivity index (χ1) is 7.34. The second-order valence-corrected chi connectivity index (χ2v) is 3.67. The number of anilines is 1. The van der Waals surface area contributed by atoms with Gasteiger partial charge in [0.2, 0.25) is 0 Å². The first-order valence-corrected chi connectivity index (χ1v) is 4.89. The highest BCUT2D eigenvalue weighted by atomic mass is 16.5. The zero-order valence-corrected chi connectivity index (χ0v) is 8.05. The monoisotopic (exact) mass is 202 g/mol. The van der Waals surface area contributed by atoms with Crippen LogP contribution in [0.4, 0.5) is 5.69 Å². The summed E-state index contributed by atoms with van der Waals surface area (Å²) in [5.41, 5.74) is 6.89. The van der Waals surface area contributed by atoms with Crippen LogP contribution in [-0.4, -0.2) is 15.1 Å². The number of hydrogen-bond acceptors (Lipinski definition) is 5. The predicted octanol–water partition coefficient (Wildman–Crippen LogP) is 1.59. The van der Waals surface area contributed by atoms with Crippen molar-refractivity contribution in [3.05, 3.63) is 24.2 Å². The predicted molar refractivity (Wildman–Crippen MR) is 53.9 cm³/mol. The van der Waals surface area contributed by atoms with Crippen LogP contribution < -0.4 is 5.73 Å². The average Bonchev–Trinajstić information content (AvgIpc) is 2.99. The van der Waals surface area contributed by atoms with Crippen molar-refractivity contribution in [1.29, 1.82) is 0 Å². The van der Waals surface area contributed by atoms with Gasteiger partial charge in [0.15, 0.2) is 11.5 Å². The molecule has 3 rings (SSSR count). The van der Waals surface area contributed by atoms with E-state index in [2.05, 4.69) is 15.1 Å². The summed E-state index contributed by atoms with van der Waals surface area (Å²) in [6.07, 6.45) is 3.96. The molecule has 15 heavy (non-hydrogen) atoms. The second-order valence-electron chi connectivity index (χ2n) is 3.67. The first kappa shape index (κ1) is 8.40. The smallest absolute Gasteiger partial charge is 0.278 e. The van der Waals surface area contributed by atoms with Crippen molar-refractivity contribution >= 4 is 5.69 Å². The zero-order chi connectivity index (χ0) is 10.3. The van der Waals surface area contributed by atoms with Crippen LogP contribution in [0.3, 0.4) is 0 Å². The molecule has 2 aromatic heterocycles. The molecule has 0 unspecified atom stereocenters. The van der Waals surface area contributed by atoms with E-state index in [1.807, 2.05) is 0 Å². The third kappa shape index (κ3) is 1.45. The zero-order valence-electron chi connectivity index (χ0n) is 8.05. The fourth-order valence-corrected chi connectivity index (χ4v) is 1.43. The van der Waals surface area contributed by atoms with Gasteiger partial charge >= 0.3 is 0 Å². The molecule has 1 aliphatic carbocycles. The highest BCUT2D eigenvalue weighted by molar-refractivity contribution is 5.65. The van der Waals surface area contributed by atoms with Crippen LogP contribution in [-0.2, 0) is 0 Å². The lowest BCUT2D eigenvalue weighted by Gasteiger charge is -1.96. The molecule has 2 aromatic rings. The lowest BCUT2D eigenvalue weighted by molar-refractivity contribution is 0.421. The number of pyridine rings is 1. The van der Waals surface area contributed by atoms with Gasteiger partial charge in [-0.15, -0.1) is 0 Å². The van der Waals surface area contributed by atoms with Crippen LogP contribution in [0.1, 0.15) is 24.6 Å². The van der Waals surface area contributed by atoms with Gasteiger partial charge in [0.05, 0.1) is 5.69 Å². The number of hydrogen-bond donors (Lipinski definition) is 1. The summed E-state index contributed by atoms with van der Waals surface area (Å²) in [4.78, 5) is 8.40. The van der Waals surface area contributed by atoms with Crippen molar-refractivity contribution in [3.8, 4) is 11.6 Å². The van der Waals surface area contributed by atoms with Crippen LogP contribution in [0.2, 0.25) is 0 Å². The summed E-state index contributed by atoms with van der Waals surface area (Å²) in [6.45, 7) is 0. The summed E-state index contributed by atoms with van der Waals surface area (Å²) in [7, 11) is 0. The Labute approximate surface area is 86.3 Å². The van der Waals surface area contributed by atoms with E-state index >= 15 is 0 Å². The van der Waals surface area contributed by atoms with Crippen molar-refractivity contribution in [2.75, 3.05) is 5.73 Å². The minimum Gasteiger partial charge on any atom is -0.397 e. The molecule has 1 aliphatic rings. The van der Waals surface area contributed by atoms with E-state index in [-0.39, 0.29) is 0 Å². The lowest BCUT2D eigenvalue weighted by Crippen LogP contribution is -1.92. The molecule has 5 nitrogen and oxygen atoms in total. The number of nitrogen functional groups attached to an aromatic ring is 1. The summed E-state index contributed by atoms with van der Waals surface area (Å²) in [5, 5.41) is 3.91. The Hall–Kier alpha value is -1.91. The fourth-order valence-electron chi connectivity index (χ4n) is 1.43. The molecule has 0 aromatic carbocycles. The molecule has 1 saturated carbocycles. The topological polar surface area (TPSA) is 77.8 Å². The van der Waals surface area contributed by atoms with Gasteiger partial charge in [0.1, 0.15) is 0 Å². The van der Waals surface area contributed by atoms with E-state index in [1.54, 1.807) is 18.3 Å². The van der Waals surface area contributed by atoms with E-state index in [0.717, 1.165) is 18.7 Å². The first-order valence-electron chi connectivity index (χ1n) is 4.89. The molecule has 0 bridgehead atoms. The molecular formula is C10H10N4O. The molecule has 0 spiro atoms. The minimum absolute atomic E-state index is 0.412. The van der Waals surface area contributed by atoms with Crippen LogP contribution in [0, 0.1) is 0 Å². The molecule has 2 N–H and O–H groups in total. The van der Waals surface area contributed by atoms with Gasteiger partial charge in [-0.1, -0.05) is 5.16 Å². The molecule has 76 valence electrons. The van der Waals surface area contributed by atoms with E-state index < -0.39 is 0 Å². The van der Waals surface area contributed by atoms with Crippen molar-refractivity contribution < 1.29 is 4.52 Å². The highest BCUT2D eigenvalue weighted by Gasteiger charge is 2.29. The molecule has 2 heterocycles. The summed E-state index contributed by atoms with van der Waals surface area (Å²) in [5.74, 6) is 1.66. The van der Waals surface area contributed by atoms with Gasteiger partial charge in [0.25, 0.3) is 5.89 Å². The molecule has 5 heteroatoms. The largest absolute Gasteiger partial charge is 0.397 e. The Balaban J connectivity index is 2.01. The molecule has 1 fully saturated rings. The van der Waals surface area contributed by atoms with Crippen molar-refractivity contribution in [2.45, 2.75) is 18.8 Å². The van der Waals surface area contributed by atoms with Crippen LogP contribution in [0.15, 0.2) is 22.9 Å². The van der Waals surface area contributed by atoms with Crippen LogP contribution in [0.25, 0.3) is 11.6 Å². The molecule has 0 atom stereocenters. The van der Waals surface area contributed by atoms with E-state index in [9.17, 15) is 0 Å². The van der Waals surface area contributed by atoms with E-state index in [0.29, 0.717) is 23.2 Å². The van der Waals surface area contributed by atoms with Crippen molar-refractivity contribution in [3.63, 3.8) is 0 Å². The minimum atomic E-state index is 0.412. The molecular weight excluding hydrogens is 192 g/mol. The van der Waals surface area contributed by atoms with Gasteiger partial charge in [-0.2, -0.15) is 4.98 Å². The Bertz CT molecular complexity index is 490. The third-order valence-corrected chi connectivity index (χ3v) is 2.43. The van der Waals surface area contributed by atoms with E-state index in [4.69, 9.17) is 10.3 Å². The summed E-state index contributed by atoms with van der Waals surface area (Å²) >= 11 is 0. The van der Waals surface area contributed by atoms with Crippen molar-refractivity contribution in [1.82, 2.24) is 15.1 Å². The van der Waals surface area contributed by atoms with Gasteiger partial charge in [-0.3, -0.25) is 0 Å². The van der Waals surface area contributed by atoms with Gasteiger partial charge in [0, 0.05) is 12.1 Å². The number of aromatic nitrogens is 3. The number of rotatable bonds is 2. The van der Waals surface area contributed by atoms with Crippen LogP contribution >= 0.6 is 0 Å². The molecule has 0 radical (unpaired) electrons. The maximum atomic E-state index is 5.76. The fraction of sp³-hybridized carbons (Fsp3) is 0.300. The van der Waals surface area contributed by atoms with E-state index in [1.165, 1.54) is 0 Å². The Kier molecular flexibility index (Phi) is 1.71. The second kappa shape index (κ2) is 3.05. The Morgan fingerprint density at radius 1 is 1.40 bits per heavy atom. The average molecular weight is 202 g/mol. The standard InChI is InChI=1S/C10H10N4O/c11-7-2-1-5-12-8(7)10-13-9(14-15-10)6-3-4-6/h1-2,5-6H,3-4,11H2. The van der Waals surface area contributed by atoms with Crippen molar-refractivity contribution in [2.24, 2.45) is 0 Å². The Morgan fingerprint density at radius 3 is 3.00 bits per heavy atom. The normalized spacial score (nSPS) is 15.5. The highest BCUT2D eigenvalue weighted by Crippen LogP contribution is 2.38. The Morgan fingerprint density at radius 2 is 2.27 bits per heavy atom. The maximum absolute atomic E-state index is 5.76. The maximum Gasteiger partial charge on any atom is 0.278 e. The molecule has 0 saturated heterocycles. The SMILES string of the molecule is Nc1cccnc1-c1nc(C2CC2)no1. The van der Waals surface area contributed by atoms with Gasteiger partial charge < -0.3 is 10.3 Å². The number of nitrogens with zero attached hydrogens (tertiary/aromatic N) is 3. The molecule has 0 amide bonds. The summed E-state index contributed by atoms with van der Waals surface area (Å²) < 4.78 is 5.13. The van der Waals surface area contributed by atoms with Crippen LogP contribution in [0.5, 0.6) is 0 Å². The quantitative estimate of drug-likeness (QED) is 0.800. The summed E-state index contributed by atoms with van der Waals surface area (Å²) in [6, 6.07) is 3.54. The molecule has 0 aliphatic heterocycles.